The summed E-state index contributed by atoms with van der Waals surface area (Å²) >= 11 is 0. The van der Waals surface area contributed by atoms with E-state index in [1.54, 1.807) is 30.3 Å². The Balaban J connectivity index is 1.88. The van der Waals surface area contributed by atoms with Gasteiger partial charge in [-0.05, 0) is 23.3 Å². The van der Waals surface area contributed by atoms with Gasteiger partial charge in [0.2, 0.25) is 0 Å². The van der Waals surface area contributed by atoms with Crippen LogP contribution in [0.5, 0.6) is 0 Å². The van der Waals surface area contributed by atoms with Crippen molar-refractivity contribution >= 4 is 11.9 Å². The van der Waals surface area contributed by atoms with Gasteiger partial charge in [-0.25, -0.2) is 9.86 Å². The van der Waals surface area contributed by atoms with Crippen molar-refractivity contribution in [3.05, 3.63) is 108 Å². The zero-order valence-electron chi connectivity index (χ0n) is 15.3. The van der Waals surface area contributed by atoms with Crippen LogP contribution in [0.3, 0.4) is 0 Å². The predicted octanol–water partition coefficient (Wildman–Crippen LogP) is 3.96. The highest BCUT2D eigenvalue weighted by molar-refractivity contribution is 5.95. The van der Waals surface area contributed by atoms with E-state index < -0.39 is 17.9 Å². The number of benzene rings is 3. The summed E-state index contributed by atoms with van der Waals surface area (Å²) in [5.74, 6) is -1.61. The molecule has 0 aliphatic rings. The van der Waals surface area contributed by atoms with E-state index in [0.29, 0.717) is 5.56 Å². The predicted molar refractivity (Wildman–Crippen MR) is 105 cm³/mol. The molecule has 3 aromatic rings. The molecule has 0 radical (unpaired) electrons. The van der Waals surface area contributed by atoms with Crippen molar-refractivity contribution in [2.75, 3.05) is 0 Å². The van der Waals surface area contributed by atoms with Gasteiger partial charge in [0.25, 0.3) is 5.91 Å². The number of aliphatic carboxylic acids is 1. The summed E-state index contributed by atoms with van der Waals surface area (Å²) in [5.41, 5.74) is 2.02. The van der Waals surface area contributed by atoms with Crippen LogP contribution >= 0.6 is 0 Å². The first-order valence-corrected chi connectivity index (χ1v) is 8.97. The molecule has 3 rings (SSSR count). The second-order valence-corrected chi connectivity index (χ2v) is 6.30. The highest BCUT2D eigenvalue weighted by Crippen LogP contribution is 2.16. The number of amides is 1. The Bertz CT molecular complexity index is 898. The van der Waals surface area contributed by atoms with Crippen molar-refractivity contribution in [2.45, 2.75) is 19.1 Å². The minimum atomic E-state index is -1.15. The van der Waals surface area contributed by atoms with Crippen LogP contribution < -0.4 is 0 Å². The maximum atomic E-state index is 13.0. The van der Waals surface area contributed by atoms with Crippen LogP contribution in [-0.2, 0) is 22.7 Å². The van der Waals surface area contributed by atoms with E-state index >= 15 is 0 Å². The molecule has 0 heterocycles. The van der Waals surface area contributed by atoms with Crippen LogP contribution in [0.2, 0.25) is 0 Å². The lowest BCUT2D eigenvalue weighted by Gasteiger charge is -2.28. The minimum absolute atomic E-state index is 0.0952. The molecule has 1 amide bonds. The van der Waals surface area contributed by atoms with Gasteiger partial charge in [0.1, 0.15) is 6.61 Å². The molecule has 0 aliphatic heterocycles. The second kappa shape index (κ2) is 9.48. The molecule has 0 spiro atoms. The zero-order valence-corrected chi connectivity index (χ0v) is 15.3. The number of rotatable bonds is 8. The number of carboxylic acid groups (broad SMARTS) is 1. The first-order valence-electron chi connectivity index (χ1n) is 8.97. The average molecular weight is 375 g/mol. The lowest BCUT2D eigenvalue weighted by atomic mass is 10.1. The fraction of sp³-hybridized carbons (Fsp3) is 0.130. The van der Waals surface area contributed by atoms with Crippen LogP contribution in [0.15, 0.2) is 91.0 Å². The Hall–Kier alpha value is -3.44. The molecule has 3 aromatic carbocycles. The van der Waals surface area contributed by atoms with Gasteiger partial charge in [-0.2, -0.15) is 0 Å². The summed E-state index contributed by atoms with van der Waals surface area (Å²) in [4.78, 5) is 30.8. The van der Waals surface area contributed by atoms with E-state index in [1.165, 1.54) is 0 Å². The van der Waals surface area contributed by atoms with Gasteiger partial charge in [0.05, 0.1) is 0 Å². The van der Waals surface area contributed by atoms with E-state index in [9.17, 15) is 14.7 Å². The van der Waals surface area contributed by atoms with Crippen molar-refractivity contribution in [2.24, 2.45) is 0 Å². The number of hydroxylamine groups is 2. The highest BCUT2D eigenvalue weighted by atomic mass is 16.7. The first-order chi connectivity index (χ1) is 13.6. The minimum Gasteiger partial charge on any atom is -0.480 e. The molecule has 28 heavy (non-hydrogen) atoms. The molecule has 0 fully saturated rings. The zero-order chi connectivity index (χ0) is 19.8. The number of carbonyl (C=O) groups is 2. The third kappa shape index (κ3) is 5.05. The normalized spacial score (nSPS) is 11.6. The molecule has 5 nitrogen and oxygen atoms in total. The third-order valence-electron chi connectivity index (χ3n) is 4.27. The summed E-state index contributed by atoms with van der Waals surface area (Å²) in [6, 6.07) is 25.9. The number of hydrogen-bond acceptors (Lipinski definition) is 3. The van der Waals surface area contributed by atoms with Crippen LogP contribution in [-0.4, -0.2) is 28.1 Å². The monoisotopic (exact) mass is 375 g/mol. The third-order valence-corrected chi connectivity index (χ3v) is 4.27. The van der Waals surface area contributed by atoms with Crippen LogP contribution in [0.4, 0.5) is 0 Å². The number of carbonyl (C=O) groups excluding carboxylic acids is 1. The number of hydrogen-bond donors (Lipinski definition) is 1. The topological polar surface area (TPSA) is 66.8 Å². The number of carboxylic acids is 1. The molecule has 0 aromatic heterocycles. The maximum Gasteiger partial charge on any atom is 0.329 e. The highest BCUT2D eigenvalue weighted by Gasteiger charge is 2.32. The summed E-state index contributed by atoms with van der Waals surface area (Å²) in [7, 11) is 0. The van der Waals surface area contributed by atoms with E-state index in [-0.39, 0.29) is 13.0 Å². The second-order valence-electron chi connectivity index (χ2n) is 6.30. The molecule has 1 N–H and O–H groups in total. The molecule has 1 atom stereocenters. The summed E-state index contributed by atoms with van der Waals surface area (Å²) < 4.78 is 0. The summed E-state index contributed by atoms with van der Waals surface area (Å²) in [6.07, 6.45) is 0.142. The standard InChI is InChI=1S/C23H21NO4/c25-22(20-14-8-3-9-15-20)24(28-17-19-12-6-2-7-13-19)21(23(26)27)16-18-10-4-1-5-11-18/h1-15,21H,16-17H2,(H,26,27). The molecular formula is C23H21NO4. The van der Waals surface area contributed by atoms with Gasteiger partial charge in [-0.1, -0.05) is 78.9 Å². The molecular weight excluding hydrogens is 354 g/mol. The number of nitrogens with zero attached hydrogens (tertiary/aromatic N) is 1. The molecule has 1 unspecified atom stereocenters. The Morgan fingerprint density at radius 3 is 1.82 bits per heavy atom. The van der Waals surface area contributed by atoms with Gasteiger partial charge in [-0.3, -0.25) is 9.63 Å². The van der Waals surface area contributed by atoms with Gasteiger partial charge in [-0.15, -0.1) is 0 Å². The van der Waals surface area contributed by atoms with Crippen molar-refractivity contribution in [3.63, 3.8) is 0 Å². The van der Waals surface area contributed by atoms with Crippen LogP contribution in [0.25, 0.3) is 0 Å². The van der Waals surface area contributed by atoms with E-state index in [0.717, 1.165) is 16.2 Å². The Labute approximate surface area is 163 Å². The fourth-order valence-electron chi connectivity index (χ4n) is 2.82. The molecule has 0 saturated carbocycles. The average Bonchev–Trinajstić information content (AvgIpc) is 2.75. The molecule has 142 valence electrons. The fourth-order valence-corrected chi connectivity index (χ4v) is 2.82. The maximum absolute atomic E-state index is 13.0. The van der Waals surface area contributed by atoms with Crippen molar-refractivity contribution in [1.29, 1.82) is 0 Å². The lowest BCUT2D eigenvalue weighted by Crippen LogP contribution is -2.46. The Kier molecular flexibility index (Phi) is 6.54. The lowest BCUT2D eigenvalue weighted by molar-refractivity contribution is -0.180. The van der Waals surface area contributed by atoms with Crippen molar-refractivity contribution in [3.8, 4) is 0 Å². The van der Waals surface area contributed by atoms with Crippen molar-refractivity contribution < 1.29 is 19.5 Å². The van der Waals surface area contributed by atoms with E-state index in [1.807, 2.05) is 60.7 Å². The van der Waals surface area contributed by atoms with Crippen LogP contribution in [0, 0.1) is 0 Å². The first kappa shape index (κ1) is 19.3. The quantitative estimate of drug-likeness (QED) is 0.605. The largest absolute Gasteiger partial charge is 0.480 e. The smallest absolute Gasteiger partial charge is 0.329 e. The van der Waals surface area contributed by atoms with Gasteiger partial charge in [0, 0.05) is 12.0 Å². The summed E-state index contributed by atoms with van der Waals surface area (Å²) in [5, 5.41) is 10.8. The van der Waals surface area contributed by atoms with E-state index in [4.69, 9.17) is 4.84 Å². The van der Waals surface area contributed by atoms with Crippen molar-refractivity contribution in [1.82, 2.24) is 5.06 Å². The Morgan fingerprint density at radius 1 is 0.786 bits per heavy atom. The molecule has 0 saturated heterocycles. The summed E-state index contributed by atoms with van der Waals surface area (Å²) in [6.45, 7) is 0.0952. The molecule has 0 bridgehead atoms. The van der Waals surface area contributed by atoms with Gasteiger partial charge >= 0.3 is 5.97 Å². The molecule has 0 aliphatic carbocycles. The SMILES string of the molecule is O=C(O)C(Cc1ccccc1)N(OCc1ccccc1)C(=O)c1ccccc1. The van der Waals surface area contributed by atoms with Gasteiger partial charge in [0.15, 0.2) is 6.04 Å². The van der Waals surface area contributed by atoms with Gasteiger partial charge < -0.3 is 5.11 Å². The Morgan fingerprint density at radius 2 is 1.29 bits per heavy atom. The van der Waals surface area contributed by atoms with E-state index in [2.05, 4.69) is 0 Å². The molecule has 5 heteroatoms. The van der Waals surface area contributed by atoms with Crippen LogP contribution in [0.1, 0.15) is 21.5 Å².